The number of ether oxygens (including phenoxy) is 1. The Morgan fingerprint density at radius 1 is 1.07 bits per heavy atom. The van der Waals surface area contributed by atoms with Gasteiger partial charge in [0, 0.05) is 17.7 Å². The van der Waals surface area contributed by atoms with Crippen LogP contribution in [-0.2, 0) is 14.3 Å². The summed E-state index contributed by atoms with van der Waals surface area (Å²) in [6.07, 6.45) is 3.18. The fourth-order valence-electron chi connectivity index (χ4n) is 3.64. The monoisotopic (exact) mass is 370 g/mol. The Labute approximate surface area is 159 Å². The lowest BCUT2D eigenvalue weighted by Crippen LogP contribution is -2.31. The van der Waals surface area contributed by atoms with Crippen molar-refractivity contribution in [2.75, 3.05) is 31.1 Å². The molecule has 0 atom stereocenters. The van der Waals surface area contributed by atoms with Gasteiger partial charge in [-0.3, -0.25) is 9.59 Å². The first-order valence-corrected chi connectivity index (χ1v) is 9.67. The van der Waals surface area contributed by atoms with Gasteiger partial charge in [-0.15, -0.1) is 0 Å². The molecule has 1 aromatic rings. The number of carbonyl (C=O) groups is 3. The first kappa shape index (κ1) is 19.3. The molecule has 2 aliphatic rings. The van der Waals surface area contributed by atoms with E-state index in [1.54, 1.807) is 24.3 Å². The van der Waals surface area contributed by atoms with E-state index in [-0.39, 0.29) is 11.8 Å². The van der Waals surface area contributed by atoms with E-state index in [0.29, 0.717) is 48.4 Å². The third-order valence-corrected chi connectivity index (χ3v) is 5.27. The lowest BCUT2D eigenvalue weighted by molar-refractivity contribution is -0.120. The van der Waals surface area contributed by atoms with E-state index in [9.17, 15) is 14.4 Å². The second-order valence-corrected chi connectivity index (χ2v) is 6.82. The number of rotatable bonds is 7. The molecule has 6 nitrogen and oxygen atoms in total. The number of anilines is 1. The molecule has 1 aliphatic heterocycles. The summed E-state index contributed by atoms with van der Waals surface area (Å²) in [4.78, 5) is 41.1. The zero-order valence-electron chi connectivity index (χ0n) is 16.0. The van der Waals surface area contributed by atoms with Crippen LogP contribution in [0.2, 0.25) is 0 Å². The number of amides is 2. The Morgan fingerprint density at radius 3 is 2.30 bits per heavy atom. The SMILES string of the molecule is CCN(CC)CCOC(=O)c1cccc(N2C(=O)C3=C(CCCC3)C2=O)c1. The molecule has 1 aromatic carbocycles. The minimum absolute atomic E-state index is 0.248. The molecule has 0 saturated carbocycles. The molecule has 3 rings (SSSR count). The summed E-state index contributed by atoms with van der Waals surface area (Å²) >= 11 is 0. The molecule has 0 unspecified atom stereocenters. The summed E-state index contributed by atoms with van der Waals surface area (Å²) in [6.45, 7) is 6.92. The van der Waals surface area contributed by atoms with Crippen molar-refractivity contribution in [2.24, 2.45) is 0 Å². The average molecular weight is 370 g/mol. The minimum Gasteiger partial charge on any atom is -0.461 e. The van der Waals surface area contributed by atoms with Crippen LogP contribution in [0.1, 0.15) is 49.9 Å². The average Bonchev–Trinajstić information content (AvgIpc) is 2.96. The highest BCUT2D eigenvalue weighted by Crippen LogP contribution is 2.35. The van der Waals surface area contributed by atoms with Gasteiger partial charge in [0.05, 0.1) is 11.3 Å². The normalized spacial score (nSPS) is 16.9. The summed E-state index contributed by atoms with van der Waals surface area (Å²) in [5, 5.41) is 0. The summed E-state index contributed by atoms with van der Waals surface area (Å²) in [6, 6.07) is 6.56. The zero-order chi connectivity index (χ0) is 19.4. The number of benzene rings is 1. The smallest absolute Gasteiger partial charge is 0.338 e. The first-order chi connectivity index (χ1) is 13.1. The van der Waals surface area contributed by atoms with Crippen molar-refractivity contribution >= 4 is 23.5 Å². The molecule has 1 aliphatic carbocycles. The van der Waals surface area contributed by atoms with Crippen molar-refractivity contribution in [1.29, 1.82) is 0 Å². The van der Waals surface area contributed by atoms with Crippen LogP contribution in [-0.4, -0.2) is 48.9 Å². The highest BCUT2D eigenvalue weighted by molar-refractivity contribution is 6.33. The van der Waals surface area contributed by atoms with Crippen molar-refractivity contribution in [3.05, 3.63) is 41.0 Å². The number of hydrogen-bond donors (Lipinski definition) is 0. The fourth-order valence-corrected chi connectivity index (χ4v) is 3.64. The van der Waals surface area contributed by atoms with Gasteiger partial charge in [0.1, 0.15) is 6.61 Å². The highest BCUT2D eigenvalue weighted by Gasteiger charge is 2.39. The second-order valence-electron chi connectivity index (χ2n) is 6.82. The molecule has 0 spiro atoms. The third-order valence-electron chi connectivity index (χ3n) is 5.27. The van der Waals surface area contributed by atoms with Gasteiger partial charge in [-0.05, 0) is 57.0 Å². The molecule has 0 aromatic heterocycles. The minimum atomic E-state index is -0.444. The Bertz CT molecular complexity index is 752. The third kappa shape index (κ3) is 3.95. The van der Waals surface area contributed by atoms with Gasteiger partial charge >= 0.3 is 5.97 Å². The van der Waals surface area contributed by atoms with Crippen LogP contribution in [0, 0.1) is 0 Å². The molecule has 6 heteroatoms. The molecule has 0 radical (unpaired) electrons. The second kappa shape index (κ2) is 8.48. The maximum Gasteiger partial charge on any atom is 0.338 e. The maximum absolute atomic E-state index is 12.7. The largest absolute Gasteiger partial charge is 0.461 e. The van der Waals surface area contributed by atoms with Gasteiger partial charge in [0.25, 0.3) is 11.8 Å². The molecule has 27 heavy (non-hydrogen) atoms. The van der Waals surface area contributed by atoms with Crippen molar-refractivity contribution < 1.29 is 19.1 Å². The Kier molecular flexibility index (Phi) is 6.06. The summed E-state index contributed by atoms with van der Waals surface area (Å²) in [5.74, 6) is -0.940. The molecule has 2 amide bonds. The van der Waals surface area contributed by atoms with E-state index in [2.05, 4.69) is 18.7 Å². The van der Waals surface area contributed by atoms with Gasteiger partial charge < -0.3 is 9.64 Å². The number of hydrogen-bond acceptors (Lipinski definition) is 5. The molecule has 1 heterocycles. The van der Waals surface area contributed by atoms with Crippen LogP contribution >= 0.6 is 0 Å². The zero-order valence-corrected chi connectivity index (χ0v) is 16.0. The lowest BCUT2D eigenvalue weighted by atomic mass is 9.93. The van der Waals surface area contributed by atoms with Crippen LogP contribution in [0.25, 0.3) is 0 Å². The van der Waals surface area contributed by atoms with E-state index >= 15 is 0 Å². The lowest BCUT2D eigenvalue weighted by Gasteiger charge is -2.18. The van der Waals surface area contributed by atoms with Gasteiger partial charge in [-0.25, -0.2) is 9.69 Å². The van der Waals surface area contributed by atoms with Crippen LogP contribution in [0.3, 0.4) is 0 Å². The highest BCUT2D eigenvalue weighted by atomic mass is 16.5. The van der Waals surface area contributed by atoms with Crippen LogP contribution in [0.4, 0.5) is 5.69 Å². The predicted octanol–water partition coefficient (Wildman–Crippen LogP) is 2.93. The Morgan fingerprint density at radius 2 is 1.70 bits per heavy atom. The molecular weight excluding hydrogens is 344 g/mol. The molecular formula is C21H26N2O4. The fraction of sp³-hybridized carbons (Fsp3) is 0.476. The summed E-state index contributed by atoms with van der Waals surface area (Å²) < 4.78 is 5.35. The van der Waals surface area contributed by atoms with E-state index in [1.807, 2.05) is 0 Å². The van der Waals surface area contributed by atoms with E-state index in [4.69, 9.17) is 4.74 Å². The van der Waals surface area contributed by atoms with Crippen molar-refractivity contribution in [3.63, 3.8) is 0 Å². The maximum atomic E-state index is 12.7. The molecule has 144 valence electrons. The number of nitrogens with zero attached hydrogens (tertiary/aromatic N) is 2. The summed E-state index contributed by atoms with van der Waals surface area (Å²) in [5.41, 5.74) is 2.05. The van der Waals surface area contributed by atoms with Crippen LogP contribution in [0.5, 0.6) is 0 Å². The number of esters is 1. The van der Waals surface area contributed by atoms with E-state index < -0.39 is 5.97 Å². The van der Waals surface area contributed by atoms with E-state index in [1.165, 1.54) is 4.90 Å². The van der Waals surface area contributed by atoms with Crippen LogP contribution in [0.15, 0.2) is 35.4 Å². The number of imide groups is 1. The molecule has 0 fully saturated rings. The van der Waals surface area contributed by atoms with Crippen molar-refractivity contribution in [1.82, 2.24) is 4.90 Å². The summed E-state index contributed by atoms with van der Waals surface area (Å²) in [7, 11) is 0. The van der Waals surface area contributed by atoms with Crippen LogP contribution < -0.4 is 4.90 Å². The topological polar surface area (TPSA) is 66.9 Å². The van der Waals surface area contributed by atoms with Crippen molar-refractivity contribution in [3.8, 4) is 0 Å². The van der Waals surface area contributed by atoms with Gasteiger partial charge in [0.15, 0.2) is 0 Å². The van der Waals surface area contributed by atoms with Gasteiger partial charge in [0.2, 0.25) is 0 Å². The standard InChI is InChI=1S/C21H26N2O4/c1-3-22(4-2)12-13-27-21(26)15-8-7-9-16(14-15)23-19(24)17-10-5-6-11-18(17)20(23)25/h7-9,14H,3-6,10-13H2,1-2H3. The predicted molar refractivity (Wildman–Crippen MR) is 102 cm³/mol. The van der Waals surface area contributed by atoms with Crippen molar-refractivity contribution in [2.45, 2.75) is 39.5 Å². The molecule has 0 N–H and O–H groups in total. The van der Waals surface area contributed by atoms with E-state index in [0.717, 1.165) is 25.9 Å². The van der Waals surface area contributed by atoms with Gasteiger partial charge in [-0.2, -0.15) is 0 Å². The van der Waals surface area contributed by atoms with Gasteiger partial charge in [-0.1, -0.05) is 19.9 Å². The number of likely N-dealkylation sites (N-methyl/N-ethyl adjacent to an activating group) is 1. The number of carbonyl (C=O) groups excluding carboxylic acids is 3. The first-order valence-electron chi connectivity index (χ1n) is 9.67. The Hall–Kier alpha value is -2.47. The molecule has 0 bridgehead atoms. The molecule has 0 saturated heterocycles. The quantitative estimate of drug-likeness (QED) is 0.545. The Balaban J connectivity index is 1.70.